The molecule has 4 atom stereocenters. The number of carbonyl (C=O) groups excluding carboxylic acids is 4. The normalized spacial score (nSPS) is 20.1. The lowest BCUT2D eigenvalue weighted by Crippen LogP contribution is -2.58. The van der Waals surface area contributed by atoms with E-state index in [0.29, 0.717) is 25.7 Å². The summed E-state index contributed by atoms with van der Waals surface area (Å²) in [5.74, 6) is -1.37. The van der Waals surface area contributed by atoms with Crippen molar-refractivity contribution in [2.75, 3.05) is 4.90 Å². The van der Waals surface area contributed by atoms with Crippen LogP contribution in [-0.2, 0) is 38.6 Å². The first-order valence-corrected chi connectivity index (χ1v) is 12.5. The smallest absolute Gasteiger partial charge is 0.250 e. The summed E-state index contributed by atoms with van der Waals surface area (Å²) >= 11 is 0. The third-order valence-corrected chi connectivity index (χ3v) is 7.05. The summed E-state index contributed by atoms with van der Waals surface area (Å²) in [7, 11) is 0. The molecule has 2 aliphatic rings. The van der Waals surface area contributed by atoms with Crippen molar-refractivity contribution in [3.63, 3.8) is 0 Å². The second-order valence-corrected chi connectivity index (χ2v) is 9.56. The number of rotatable bonds is 8. The third kappa shape index (κ3) is 5.24. The molecule has 190 valence electrons. The van der Waals surface area contributed by atoms with Crippen molar-refractivity contribution in [3.8, 4) is 0 Å². The van der Waals surface area contributed by atoms with E-state index in [0.717, 1.165) is 22.5 Å². The van der Waals surface area contributed by atoms with Crippen LogP contribution in [0.5, 0.6) is 0 Å². The first-order valence-electron chi connectivity index (χ1n) is 12.5. The van der Waals surface area contributed by atoms with E-state index < -0.39 is 18.1 Å². The summed E-state index contributed by atoms with van der Waals surface area (Å²) in [5, 5.41) is 8.51. The number of nitrogens with zero attached hydrogens (tertiary/aromatic N) is 2. The van der Waals surface area contributed by atoms with E-state index in [1.165, 1.54) is 6.92 Å². The minimum atomic E-state index is -0.803. The highest BCUT2D eigenvalue weighted by Crippen LogP contribution is 2.39. The van der Waals surface area contributed by atoms with Gasteiger partial charge in [0.1, 0.15) is 18.1 Å². The number of aromatic nitrogens is 1. The summed E-state index contributed by atoms with van der Waals surface area (Å²) in [6, 6.07) is 9.09. The average molecular weight is 492 g/mol. The van der Waals surface area contributed by atoms with Crippen LogP contribution in [0.15, 0.2) is 42.6 Å². The van der Waals surface area contributed by atoms with Gasteiger partial charge in [-0.25, -0.2) is 0 Å². The lowest BCUT2D eigenvalue weighted by molar-refractivity contribution is -0.132. The number of carbonyl (C=O) groups is 4. The van der Waals surface area contributed by atoms with Crippen LogP contribution < -0.4 is 20.9 Å². The number of hydrogen-bond acceptors (Lipinski definition) is 5. The molecule has 0 aliphatic carbocycles. The minimum Gasteiger partial charge on any atom is -0.349 e. The number of benzene rings is 1. The second kappa shape index (κ2) is 10.9. The van der Waals surface area contributed by atoms with Gasteiger partial charge in [0, 0.05) is 19.5 Å². The third-order valence-electron chi connectivity index (χ3n) is 7.05. The van der Waals surface area contributed by atoms with E-state index in [-0.39, 0.29) is 36.1 Å². The molecular formula is C27H33N5O4. The maximum absolute atomic E-state index is 13.8. The molecule has 0 unspecified atom stereocenters. The van der Waals surface area contributed by atoms with Crippen LogP contribution in [0.1, 0.15) is 50.4 Å². The largest absolute Gasteiger partial charge is 0.349 e. The highest BCUT2D eigenvalue weighted by molar-refractivity contribution is 6.08. The van der Waals surface area contributed by atoms with Gasteiger partial charge in [-0.15, -0.1) is 0 Å². The lowest BCUT2D eigenvalue weighted by Gasteiger charge is -2.29. The summed E-state index contributed by atoms with van der Waals surface area (Å²) in [4.78, 5) is 57.8. The fourth-order valence-corrected chi connectivity index (χ4v) is 4.96. The number of anilines is 1. The SMILES string of the molecule is CC[C@H](C)[C@H](NC(C)=O)C(=O)N[C@H]1CCc2cccc3c2N(C1=O)[C@H](C(=O)NCc1ccccn1)C3. The van der Waals surface area contributed by atoms with Crippen LogP contribution in [-0.4, -0.2) is 46.7 Å². The number of pyridine rings is 1. The quantitative estimate of drug-likeness (QED) is 0.519. The van der Waals surface area contributed by atoms with Crippen LogP contribution >= 0.6 is 0 Å². The first-order chi connectivity index (χ1) is 17.3. The Hall–Kier alpha value is -3.75. The minimum absolute atomic E-state index is 0.101. The Labute approximate surface area is 211 Å². The zero-order chi connectivity index (χ0) is 25.8. The van der Waals surface area contributed by atoms with Gasteiger partial charge < -0.3 is 16.0 Å². The standard InChI is InChI=1S/C27H33N5O4/c1-4-16(2)23(30-17(3)33)26(35)31-21-12-11-18-8-7-9-19-14-22(32(24(18)19)27(21)36)25(34)29-15-20-10-5-6-13-28-20/h5-10,13,16,21-23H,4,11-12,14-15H2,1-3H3,(H,29,34)(H,30,33)(H,31,35)/t16-,21-,22-,23-/m0/s1. The van der Waals surface area contributed by atoms with Crippen molar-refractivity contribution in [1.82, 2.24) is 20.9 Å². The molecule has 3 N–H and O–H groups in total. The number of amides is 4. The van der Waals surface area contributed by atoms with Gasteiger partial charge in [0.15, 0.2) is 0 Å². The van der Waals surface area contributed by atoms with Crippen molar-refractivity contribution < 1.29 is 19.2 Å². The van der Waals surface area contributed by atoms with Crippen LogP contribution in [0, 0.1) is 5.92 Å². The molecule has 0 saturated carbocycles. The van der Waals surface area contributed by atoms with E-state index >= 15 is 0 Å². The van der Waals surface area contributed by atoms with Crippen molar-refractivity contribution in [2.24, 2.45) is 5.92 Å². The number of aryl methyl sites for hydroxylation is 1. The fraction of sp³-hybridized carbons (Fsp3) is 0.444. The zero-order valence-electron chi connectivity index (χ0n) is 20.9. The van der Waals surface area contributed by atoms with E-state index in [4.69, 9.17) is 0 Å². The van der Waals surface area contributed by atoms with Gasteiger partial charge in [-0.3, -0.25) is 29.1 Å². The molecule has 2 aromatic rings. The average Bonchev–Trinajstić information content (AvgIpc) is 3.21. The Kier molecular flexibility index (Phi) is 7.67. The van der Waals surface area contributed by atoms with Gasteiger partial charge >= 0.3 is 0 Å². The molecule has 3 heterocycles. The molecule has 36 heavy (non-hydrogen) atoms. The molecule has 2 aliphatic heterocycles. The van der Waals surface area contributed by atoms with E-state index in [1.54, 1.807) is 11.1 Å². The molecular weight excluding hydrogens is 458 g/mol. The molecule has 0 spiro atoms. The lowest BCUT2D eigenvalue weighted by atomic mass is 9.97. The van der Waals surface area contributed by atoms with Crippen molar-refractivity contribution in [3.05, 3.63) is 59.4 Å². The van der Waals surface area contributed by atoms with Crippen molar-refractivity contribution in [1.29, 1.82) is 0 Å². The summed E-state index contributed by atoms with van der Waals surface area (Å²) in [5.41, 5.74) is 3.43. The van der Waals surface area contributed by atoms with Gasteiger partial charge in [-0.05, 0) is 42.0 Å². The second-order valence-electron chi connectivity index (χ2n) is 9.56. The maximum Gasteiger partial charge on any atom is 0.250 e. The monoisotopic (exact) mass is 491 g/mol. The maximum atomic E-state index is 13.8. The van der Waals surface area contributed by atoms with E-state index in [1.807, 2.05) is 50.2 Å². The molecule has 9 nitrogen and oxygen atoms in total. The molecule has 9 heteroatoms. The van der Waals surface area contributed by atoms with Gasteiger partial charge in [0.05, 0.1) is 17.9 Å². The molecule has 1 aromatic heterocycles. The van der Waals surface area contributed by atoms with Crippen LogP contribution in [0.3, 0.4) is 0 Å². The summed E-state index contributed by atoms with van der Waals surface area (Å²) in [6.07, 6.45) is 3.76. The highest BCUT2D eigenvalue weighted by Gasteiger charge is 2.44. The van der Waals surface area contributed by atoms with Gasteiger partial charge in [0.2, 0.25) is 23.6 Å². The Morgan fingerprint density at radius 2 is 1.92 bits per heavy atom. The molecule has 0 bridgehead atoms. The van der Waals surface area contributed by atoms with E-state index in [2.05, 4.69) is 20.9 Å². The summed E-state index contributed by atoms with van der Waals surface area (Å²) in [6.45, 7) is 5.46. The Morgan fingerprint density at radius 1 is 1.14 bits per heavy atom. The molecule has 1 aromatic carbocycles. The Morgan fingerprint density at radius 3 is 2.61 bits per heavy atom. The Bertz CT molecular complexity index is 1150. The van der Waals surface area contributed by atoms with Crippen molar-refractivity contribution >= 4 is 29.3 Å². The predicted octanol–water partition coefficient (Wildman–Crippen LogP) is 1.64. The number of para-hydroxylation sites is 1. The van der Waals surface area contributed by atoms with Crippen LogP contribution in [0.4, 0.5) is 5.69 Å². The molecule has 0 saturated heterocycles. The molecule has 4 amide bonds. The Balaban J connectivity index is 1.56. The molecule has 4 rings (SSSR count). The number of hydrogen-bond donors (Lipinski definition) is 3. The molecule has 0 fully saturated rings. The number of nitrogens with one attached hydrogen (secondary N) is 3. The van der Waals surface area contributed by atoms with Gasteiger partial charge in [-0.1, -0.05) is 44.5 Å². The van der Waals surface area contributed by atoms with Gasteiger partial charge in [0.25, 0.3) is 0 Å². The fourth-order valence-electron chi connectivity index (χ4n) is 4.96. The summed E-state index contributed by atoms with van der Waals surface area (Å²) < 4.78 is 0. The highest BCUT2D eigenvalue weighted by atomic mass is 16.2. The van der Waals surface area contributed by atoms with E-state index in [9.17, 15) is 19.2 Å². The van der Waals surface area contributed by atoms with Crippen LogP contribution in [0.2, 0.25) is 0 Å². The predicted molar refractivity (Wildman–Crippen MR) is 135 cm³/mol. The van der Waals surface area contributed by atoms with Gasteiger partial charge in [-0.2, -0.15) is 0 Å². The first kappa shape index (κ1) is 25.3. The zero-order valence-corrected chi connectivity index (χ0v) is 20.9. The topological polar surface area (TPSA) is 121 Å². The molecule has 0 radical (unpaired) electrons. The van der Waals surface area contributed by atoms with Crippen LogP contribution in [0.25, 0.3) is 0 Å². The van der Waals surface area contributed by atoms with Crippen molar-refractivity contribution in [2.45, 2.75) is 71.1 Å².